The van der Waals surface area contributed by atoms with E-state index in [9.17, 15) is 18.0 Å². The van der Waals surface area contributed by atoms with Gasteiger partial charge in [0.1, 0.15) is 0 Å². The molecule has 1 heterocycles. The molecule has 1 aliphatic carbocycles. The normalized spacial score (nSPS) is 20.1. The lowest BCUT2D eigenvalue weighted by Crippen LogP contribution is -2.47. The highest BCUT2D eigenvalue weighted by Gasteiger charge is 2.45. The van der Waals surface area contributed by atoms with E-state index in [1.807, 2.05) is 0 Å². The van der Waals surface area contributed by atoms with Gasteiger partial charge >= 0.3 is 6.18 Å². The SMILES string of the molecule is O=C(CCCc1nc(-c2ccc(Cl)cc2)no1)NC1CCCCC1C(F)(F)F. The van der Waals surface area contributed by atoms with Crippen LogP contribution in [-0.4, -0.2) is 28.3 Å². The lowest BCUT2D eigenvalue weighted by atomic mass is 9.84. The third-order valence-corrected chi connectivity index (χ3v) is 5.15. The second-order valence-electron chi connectivity index (χ2n) is 6.98. The summed E-state index contributed by atoms with van der Waals surface area (Å²) in [6.45, 7) is 0. The number of nitrogens with zero attached hydrogens (tertiary/aromatic N) is 2. The maximum atomic E-state index is 13.1. The fourth-order valence-electron chi connectivity index (χ4n) is 3.45. The van der Waals surface area contributed by atoms with E-state index in [2.05, 4.69) is 15.5 Å². The number of aromatic nitrogens is 2. The number of carbonyl (C=O) groups excluding carboxylic acids is 1. The molecule has 1 saturated carbocycles. The van der Waals surface area contributed by atoms with Crippen molar-refractivity contribution >= 4 is 17.5 Å². The quantitative estimate of drug-likeness (QED) is 0.724. The van der Waals surface area contributed by atoms with Gasteiger partial charge in [-0.3, -0.25) is 4.79 Å². The zero-order valence-electron chi connectivity index (χ0n) is 15.1. The minimum atomic E-state index is -4.28. The Balaban J connectivity index is 1.47. The number of nitrogens with one attached hydrogen (secondary N) is 1. The molecule has 0 bridgehead atoms. The van der Waals surface area contributed by atoms with Crippen LogP contribution in [0.15, 0.2) is 28.8 Å². The van der Waals surface area contributed by atoms with Gasteiger partial charge in [-0.1, -0.05) is 29.6 Å². The largest absolute Gasteiger partial charge is 0.393 e. The lowest BCUT2D eigenvalue weighted by Gasteiger charge is -2.33. The summed E-state index contributed by atoms with van der Waals surface area (Å²) in [5.74, 6) is -1.03. The van der Waals surface area contributed by atoms with Crippen molar-refractivity contribution in [3.63, 3.8) is 0 Å². The summed E-state index contributed by atoms with van der Waals surface area (Å²) >= 11 is 5.84. The van der Waals surface area contributed by atoms with E-state index in [0.717, 1.165) is 5.56 Å². The predicted molar refractivity (Wildman–Crippen MR) is 97.6 cm³/mol. The van der Waals surface area contributed by atoms with Crippen LogP contribution in [0, 0.1) is 5.92 Å². The molecule has 3 rings (SSSR count). The number of hydrogen-bond donors (Lipinski definition) is 1. The average molecular weight is 416 g/mol. The van der Waals surface area contributed by atoms with E-state index in [0.29, 0.717) is 48.8 Å². The fraction of sp³-hybridized carbons (Fsp3) is 0.526. The Morgan fingerprint density at radius 1 is 1.21 bits per heavy atom. The van der Waals surface area contributed by atoms with E-state index in [-0.39, 0.29) is 18.7 Å². The summed E-state index contributed by atoms with van der Waals surface area (Å²) in [6.07, 6.45) is -1.69. The monoisotopic (exact) mass is 415 g/mol. The maximum absolute atomic E-state index is 13.1. The van der Waals surface area contributed by atoms with E-state index in [1.54, 1.807) is 24.3 Å². The third-order valence-electron chi connectivity index (χ3n) is 4.90. The van der Waals surface area contributed by atoms with Gasteiger partial charge < -0.3 is 9.84 Å². The van der Waals surface area contributed by atoms with Crippen LogP contribution in [-0.2, 0) is 11.2 Å². The first-order chi connectivity index (χ1) is 13.3. The molecule has 0 radical (unpaired) electrons. The Labute approximate surface area is 165 Å². The molecule has 2 unspecified atom stereocenters. The van der Waals surface area contributed by atoms with Crippen molar-refractivity contribution in [2.75, 3.05) is 0 Å². The summed E-state index contributed by atoms with van der Waals surface area (Å²) < 4.78 is 44.4. The van der Waals surface area contributed by atoms with E-state index in [4.69, 9.17) is 16.1 Å². The van der Waals surface area contributed by atoms with Crippen LogP contribution in [0.4, 0.5) is 13.2 Å². The molecule has 0 spiro atoms. The molecule has 2 aromatic rings. The Hall–Kier alpha value is -2.09. The van der Waals surface area contributed by atoms with Crippen molar-refractivity contribution in [3.8, 4) is 11.4 Å². The molecule has 28 heavy (non-hydrogen) atoms. The average Bonchev–Trinajstić information content (AvgIpc) is 3.11. The summed E-state index contributed by atoms with van der Waals surface area (Å²) in [5, 5.41) is 7.05. The van der Waals surface area contributed by atoms with Crippen molar-refractivity contribution in [2.24, 2.45) is 5.92 Å². The Morgan fingerprint density at radius 2 is 1.93 bits per heavy atom. The molecule has 1 amide bonds. The van der Waals surface area contributed by atoms with Gasteiger partial charge in [0.05, 0.1) is 5.92 Å². The van der Waals surface area contributed by atoms with Crippen LogP contribution in [0.2, 0.25) is 5.02 Å². The molecule has 1 N–H and O–H groups in total. The number of rotatable bonds is 6. The van der Waals surface area contributed by atoms with Gasteiger partial charge in [-0.15, -0.1) is 0 Å². The van der Waals surface area contributed by atoms with Gasteiger partial charge in [-0.2, -0.15) is 18.2 Å². The second kappa shape index (κ2) is 8.94. The molecular formula is C19H21ClF3N3O2. The molecule has 1 aliphatic rings. The van der Waals surface area contributed by atoms with Crippen LogP contribution >= 0.6 is 11.6 Å². The van der Waals surface area contributed by atoms with Crippen LogP contribution in [0.3, 0.4) is 0 Å². The molecule has 0 aliphatic heterocycles. The van der Waals surface area contributed by atoms with Crippen LogP contribution < -0.4 is 5.32 Å². The Kier molecular flexibility index (Phi) is 6.59. The van der Waals surface area contributed by atoms with Crippen molar-refractivity contribution in [3.05, 3.63) is 35.2 Å². The number of aryl methyl sites for hydroxylation is 1. The molecule has 1 aromatic carbocycles. The maximum Gasteiger partial charge on any atom is 0.393 e. The van der Waals surface area contributed by atoms with Crippen LogP contribution in [0.1, 0.15) is 44.4 Å². The zero-order chi connectivity index (χ0) is 20.1. The second-order valence-corrected chi connectivity index (χ2v) is 7.42. The molecule has 5 nitrogen and oxygen atoms in total. The summed E-state index contributed by atoms with van der Waals surface area (Å²) in [7, 11) is 0. The summed E-state index contributed by atoms with van der Waals surface area (Å²) in [4.78, 5) is 16.3. The highest BCUT2D eigenvalue weighted by molar-refractivity contribution is 6.30. The van der Waals surface area contributed by atoms with Gasteiger partial charge in [-0.05, 0) is 43.5 Å². The minimum Gasteiger partial charge on any atom is -0.353 e. The summed E-state index contributed by atoms with van der Waals surface area (Å²) in [6, 6.07) is 6.14. The lowest BCUT2D eigenvalue weighted by molar-refractivity contribution is -0.189. The molecule has 1 aromatic heterocycles. The predicted octanol–water partition coefficient (Wildman–Crippen LogP) is 4.95. The summed E-state index contributed by atoms with van der Waals surface area (Å²) in [5.41, 5.74) is 0.757. The first kappa shape index (κ1) is 20.6. The minimum absolute atomic E-state index is 0.0733. The Bertz CT molecular complexity index is 792. The smallest absolute Gasteiger partial charge is 0.353 e. The molecule has 152 valence electrons. The van der Waals surface area contributed by atoms with Gasteiger partial charge in [-0.25, -0.2) is 0 Å². The van der Waals surface area contributed by atoms with Crippen molar-refractivity contribution in [1.82, 2.24) is 15.5 Å². The molecular weight excluding hydrogens is 395 g/mol. The number of alkyl halides is 3. The van der Waals surface area contributed by atoms with Crippen LogP contribution in [0.5, 0.6) is 0 Å². The number of hydrogen-bond acceptors (Lipinski definition) is 4. The van der Waals surface area contributed by atoms with Crippen LogP contribution in [0.25, 0.3) is 11.4 Å². The first-order valence-electron chi connectivity index (χ1n) is 9.27. The van der Waals surface area contributed by atoms with E-state index < -0.39 is 18.1 Å². The third kappa shape index (κ3) is 5.47. The number of halogens is 4. The number of carbonyl (C=O) groups is 1. The molecule has 9 heteroatoms. The molecule has 1 fully saturated rings. The standard InChI is InChI=1S/C19H21ClF3N3O2/c20-13-10-8-12(9-11-13)18-25-17(28-26-18)7-3-6-16(27)24-15-5-2-1-4-14(15)19(21,22)23/h8-11,14-15H,1-7H2,(H,24,27). The van der Waals surface area contributed by atoms with Gasteiger partial charge in [0.2, 0.25) is 17.6 Å². The fourth-order valence-corrected chi connectivity index (χ4v) is 3.57. The van der Waals surface area contributed by atoms with Crippen molar-refractivity contribution in [1.29, 1.82) is 0 Å². The Morgan fingerprint density at radius 3 is 2.64 bits per heavy atom. The molecule has 0 saturated heterocycles. The molecule has 2 atom stereocenters. The van der Waals surface area contributed by atoms with E-state index in [1.165, 1.54) is 0 Å². The zero-order valence-corrected chi connectivity index (χ0v) is 15.9. The van der Waals surface area contributed by atoms with Crippen molar-refractivity contribution < 1.29 is 22.5 Å². The number of amides is 1. The first-order valence-corrected chi connectivity index (χ1v) is 9.65. The van der Waals surface area contributed by atoms with Gasteiger partial charge in [0, 0.05) is 29.5 Å². The topological polar surface area (TPSA) is 68.0 Å². The van der Waals surface area contributed by atoms with Crippen molar-refractivity contribution in [2.45, 2.75) is 57.2 Å². The van der Waals surface area contributed by atoms with E-state index >= 15 is 0 Å². The highest BCUT2D eigenvalue weighted by atomic mass is 35.5. The van der Waals surface area contributed by atoms with Gasteiger partial charge in [0.15, 0.2) is 0 Å². The van der Waals surface area contributed by atoms with Gasteiger partial charge in [0.25, 0.3) is 0 Å². The highest BCUT2D eigenvalue weighted by Crippen LogP contribution is 2.37. The number of benzene rings is 1.